The quantitative estimate of drug-likeness (QED) is 0.764. The Hall–Kier alpha value is -0.800. The number of nitrogens with zero attached hydrogens (tertiary/aromatic N) is 1. The molecule has 0 amide bonds. The predicted molar refractivity (Wildman–Crippen MR) is 60.9 cm³/mol. The van der Waals surface area contributed by atoms with E-state index in [4.69, 9.17) is 16.7 Å². The molecule has 80 valence electrons. The Bertz CT molecular complexity index is 246. The van der Waals surface area contributed by atoms with Crippen molar-refractivity contribution in [2.24, 2.45) is 0 Å². The molecule has 0 spiro atoms. The van der Waals surface area contributed by atoms with Crippen LogP contribution in [-0.2, 0) is 0 Å². The van der Waals surface area contributed by atoms with Gasteiger partial charge in [0.15, 0.2) is 0 Å². The van der Waals surface area contributed by atoms with Crippen molar-refractivity contribution in [1.82, 2.24) is 4.98 Å². The maximum Gasteiger partial charge on any atom is 0.131 e. The molecule has 4 heteroatoms. The Morgan fingerprint density at radius 2 is 2.07 bits per heavy atom. The van der Waals surface area contributed by atoms with E-state index < -0.39 is 0 Å². The molecule has 3 nitrogen and oxygen atoms in total. The lowest BCUT2D eigenvalue weighted by Crippen LogP contribution is -2.06. The standard InChI is InChI=1S/C8H11ClN2O.C2H6/c1-6-4-7(9)11-8(5-6)10-2-3-12;1-2/h4-5,12H,2-3H2,1H3,(H,10,11);1-2H3. The first-order valence-electron chi connectivity index (χ1n) is 4.71. The number of aliphatic hydroxyl groups excluding tert-OH is 1. The van der Waals surface area contributed by atoms with Gasteiger partial charge in [0.1, 0.15) is 11.0 Å². The van der Waals surface area contributed by atoms with Gasteiger partial charge in [-0.2, -0.15) is 0 Å². The molecule has 1 aromatic rings. The Kier molecular flexibility index (Phi) is 7.16. The van der Waals surface area contributed by atoms with Gasteiger partial charge in [-0.1, -0.05) is 25.4 Å². The number of pyridine rings is 1. The lowest BCUT2D eigenvalue weighted by atomic mass is 10.3. The molecule has 14 heavy (non-hydrogen) atoms. The molecule has 0 aliphatic carbocycles. The third-order valence-electron chi connectivity index (χ3n) is 1.36. The molecule has 1 rings (SSSR count). The third-order valence-corrected chi connectivity index (χ3v) is 1.55. The maximum absolute atomic E-state index is 8.54. The molecule has 0 atom stereocenters. The van der Waals surface area contributed by atoms with Gasteiger partial charge in [0.05, 0.1) is 6.61 Å². The van der Waals surface area contributed by atoms with Crippen LogP contribution in [0.4, 0.5) is 5.82 Å². The van der Waals surface area contributed by atoms with E-state index in [0.717, 1.165) is 5.56 Å². The van der Waals surface area contributed by atoms with Gasteiger partial charge in [0, 0.05) is 6.54 Å². The zero-order valence-electron chi connectivity index (χ0n) is 8.84. The molecule has 2 N–H and O–H groups in total. The fourth-order valence-electron chi connectivity index (χ4n) is 0.899. The van der Waals surface area contributed by atoms with Crippen molar-refractivity contribution in [1.29, 1.82) is 0 Å². The van der Waals surface area contributed by atoms with E-state index in [2.05, 4.69) is 10.3 Å². The number of aromatic nitrogens is 1. The number of rotatable bonds is 3. The highest BCUT2D eigenvalue weighted by atomic mass is 35.5. The number of aliphatic hydroxyl groups is 1. The Balaban J connectivity index is 0.000000791. The van der Waals surface area contributed by atoms with Crippen LogP contribution in [0.15, 0.2) is 12.1 Å². The minimum atomic E-state index is 0.0905. The van der Waals surface area contributed by atoms with Crippen LogP contribution in [0, 0.1) is 6.92 Å². The van der Waals surface area contributed by atoms with E-state index in [-0.39, 0.29) is 6.61 Å². The second-order valence-corrected chi connectivity index (χ2v) is 2.89. The third kappa shape index (κ3) is 5.04. The summed E-state index contributed by atoms with van der Waals surface area (Å²) in [5.41, 5.74) is 1.05. The SMILES string of the molecule is CC.Cc1cc(Cl)nc(NCCO)c1. The van der Waals surface area contributed by atoms with E-state index >= 15 is 0 Å². The minimum Gasteiger partial charge on any atom is -0.395 e. The summed E-state index contributed by atoms with van der Waals surface area (Å²) in [5.74, 6) is 0.703. The van der Waals surface area contributed by atoms with E-state index in [9.17, 15) is 0 Å². The van der Waals surface area contributed by atoms with Gasteiger partial charge in [-0.05, 0) is 24.6 Å². The smallest absolute Gasteiger partial charge is 0.131 e. The van der Waals surface area contributed by atoms with Crippen LogP contribution < -0.4 is 5.32 Å². The molecule has 0 aliphatic rings. The van der Waals surface area contributed by atoms with Gasteiger partial charge in [-0.25, -0.2) is 4.98 Å². The van der Waals surface area contributed by atoms with E-state index in [1.165, 1.54) is 0 Å². The summed E-state index contributed by atoms with van der Waals surface area (Å²) in [6, 6.07) is 3.66. The molecule has 0 saturated carbocycles. The van der Waals surface area contributed by atoms with Gasteiger partial charge < -0.3 is 10.4 Å². The second-order valence-electron chi connectivity index (χ2n) is 2.50. The fraction of sp³-hybridized carbons (Fsp3) is 0.500. The molecule has 1 heterocycles. The Morgan fingerprint density at radius 3 is 2.57 bits per heavy atom. The molecule has 0 unspecified atom stereocenters. The molecule has 0 aromatic carbocycles. The monoisotopic (exact) mass is 216 g/mol. The maximum atomic E-state index is 8.54. The van der Waals surface area contributed by atoms with Crippen LogP contribution in [0.2, 0.25) is 5.15 Å². The summed E-state index contributed by atoms with van der Waals surface area (Å²) in [5, 5.41) is 11.9. The van der Waals surface area contributed by atoms with Crippen LogP contribution in [0.3, 0.4) is 0 Å². The van der Waals surface area contributed by atoms with E-state index in [1.54, 1.807) is 6.07 Å². The van der Waals surface area contributed by atoms with Crippen molar-refractivity contribution in [3.8, 4) is 0 Å². The molecular formula is C10H17ClN2O. The Morgan fingerprint density at radius 1 is 1.43 bits per heavy atom. The first-order chi connectivity index (χ1) is 6.72. The molecule has 0 saturated heterocycles. The number of anilines is 1. The van der Waals surface area contributed by atoms with Crippen molar-refractivity contribution in [2.75, 3.05) is 18.5 Å². The zero-order chi connectivity index (χ0) is 11.0. The van der Waals surface area contributed by atoms with Crippen LogP contribution in [0.25, 0.3) is 0 Å². The molecule has 0 aliphatic heterocycles. The number of nitrogens with one attached hydrogen (secondary N) is 1. The molecular weight excluding hydrogens is 200 g/mol. The minimum absolute atomic E-state index is 0.0905. The fourth-order valence-corrected chi connectivity index (χ4v) is 1.16. The average molecular weight is 217 g/mol. The molecule has 0 fully saturated rings. The lowest BCUT2D eigenvalue weighted by Gasteiger charge is -2.04. The summed E-state index contributed by atoms with van der Waals surface area (Å²) in [4.78, 5) is 4.01. The van der Waals surface area contributed by atoms with Crippen molar-refractivity contribution in [3.63, 3.8) is 0 Å². The number of hydrogen-bond acceptors (Lipinski definition) is 3. The van der Waals surface area contributed by atoms with Crippen LogP contribution in [0.5, 0.6) is 0 Å². The Labute approximate surface area is 90.1 Å². The van der Waals surface area contributed by atoms with Crippen LogP contribution in [0.1, 0.15) is 19.4 Å². The second kappa shape index (κ2) is 7.59. The average Bonchev–Trinajstić information content (AvgIpc) is 2.16. The molecule has 1 aromatic heterocycles. The van der Waals surface area contributed by atoms with Crippen molar-refractivity contribution in [3.05, 3.63) is 22.8 Å². The highest BCUT2D eigenvalue weighted by Gasteiger charge is 1.96. The summed E-state index contributed by atoms with van der Waals surface area (Å²) in [7, 11) is 0. The van der Waals surface area contributed by atoms with Gasteiger partial charge >= 0.3 is 0 Å². The zero-order valence-corrected chi connectivity index (χ0v) is 9.60. The summed E-state index contributed by atoms with van der Waals surface area (Å²) in [6.07, 6.45) is 0. The van der Waals surface area contributed by atoms with E-state index in [1.807, 2.05) is 26.8 Å². The normalized spacial score (nSPS) is 8.93. The van der Waals surface area contributed by atoms with Gasteiger partial charge in [-0.3, -0.25) is 0 Å². The summed E-state index contributed by atoms with van der Waals surface area (Å²) in [6.45, 7) is 6.53. The largest absolute Gasteiger partial charge is 0.395 e. The van der Waals surface area contributed by atoms with Crippen molar-refractivity contribution < 1.29 is 5.11 Å². The number of halogens is 1. The van der Waals surface area contributed by atoms with Crippen LogP contribution >= 0.6 is 11.6 Å². The molecule has 0 bridgehead atoms. The first-order valence-corrected chi connectivity index (χ1v) is 5.09. The first kappa shape index (κ1) is 13.2. The highest BCUT2D eigenvalue weighted by Crippen LogP contribution is 2.12. The predicted octanol–water partition coefficient (Wildman–Crippen LogP) is 2.47. The topological polar surface area (TPSA) is 45.2 Å². The number of hydrogen-bond donors (Lipinski definition) is 2. The van der Waals surface area contributed by atoms with Gasteiger partial charge in [0.2, 0.25) is 0 Å². The van der Waals surface area contributed by atoms with Crippen LogP contribution in [-0.4, -0.2) is 23.2 Å². The van der Waals surface area contributed by atoms with Gasteiger partial charge in [0.25, 0.3) is 0 Å². The number of aryl methyl sites for hydroxylation is 1. The summed E-state index contributed by atoms with van der Waals surface area (Å²) >= 11 is 5.72. The van der Waals surface area contributed by atoms with Gasteiger partial charge in [-0.15, -0.1) is 0 Å². The molecule has 0 radical (unpaired) electrons. The van der Waals surface area contributed by atoms with Crippen molar-refractivity contribution >= 4 is 17.4 Å². The lowest BCUT2D eigenvalue weighted by molar-refractivity contribution is 0.311. The highest BCUT2D eigenvalue weighted by molar-refractivity contribution is 6.29. The van der Waals surface area contributed by atoms with Crippen molar-refractivity contribution in [2.45, 2.75) is 20.8 Å². The van der Waals surface area contributed by atoms with E-state index in [0.29, 0.717) is 17.5 Å². The summed E-state index contributed by atoms with van der Waals surface area (Å²) < 4.78 is 0.